The number of carboxylic acids is 1. The molecule has 0 spiro atoms. The fourth-order valence-electron chi connectivity index (χ4n) is 15.0. The van der Waals surface area contributed by atoms with Crippen molar-refractivity contribution in [2.45, 2.75) is 130 Å². The predicted octanol–water partition coefficient (Wildman–Crippen LogP) is 7.86. The first-order valence-corrected chi connectivity index (χ1v) is 21.9. The molecular weight excluding hydrogens is 657 g/mol. The summed E-state index contributed by atoms with van der Waals surface area (Å²) in [5.41, 5.74) is 3.29. The molecule has 0 radical (unpaired) electrons. The van der Waals surface area contributed by atoms with Gasteiger partial charge in [0.15, 0.2) is 9.84 Å². The van der Waals surface area contributed by atoms with E-state index in [4.69, 9.17) is 0 Å². The lowest BCUT2D eigenvalue weighted by molar-refractivity contribution is -0.221. The summed E-state index contributed by atoms with van der Waals surface area (Å²) in [4.78, 5) is 27.7. The number of hydrogen-bond donors (Lipinski definition) is 2. The molecule has 2 bridgehead atoms. The monoisotopic (exact) mass is 718 g/mol. The number of carboxylic acid groups (broad SMARTS) is 1. The van der Waals surface area contributed by atoms with Crippen LogP contribution in [-0.4, -0.2) is 66.0 Å². The maximum absolute atomic E-state index is 14.0. The van der Waals surface area contributed by atoms with Crippen LogP contribution < -0.4 is 5.32 Å². The Hall–Kier alpha value is -2.19. The lowest BCUT2D eigenvalue weighted by atomic mass is 9.33. The van der Waals surface area contributed by atoms with Crippen molar-refractivity contribution >= 4 is 27.3 Å². The molecule has 1 aromatic rings. The molecule has 2 heterocycles. The van der Waals surface area contributed by atoms with E-state index >= 15 is 0 Å². The van der Waals surface area contributed by atoms with Crippen molar-refractivity contribution in [2.75, 3.05) is 18.8 Å². The molecule has 7 nitrogen and oxygen atoms in total. The lowest BCUT2D eigenvalue weighted by Gasteiger charge is -2.72. The predicted molar refractivity (Wildman–Crippen MR) is 202 cm³/mol. The number of nitrogens with one attached hydrogen (secondary N) is 1. The molecule has 51 heavy (non-hydrogen) atoms. The second kappa shape index (κ2) is 11.7. The van der Waals surface area contributed by atoms with Crippen LogP contribution in [0.4, 0.5) is 0 Å². The molecular formula is C43H62N2O5S. The van der Waals surface area contributed by atoms with Gasteiger partial charge in [-0.2, -0.15) is 0 Å². The summed E-state index contributed by atoms with van der Waals surface area (Å²) in [7, 11) is -2.98. The van der Waals surface area contributed by atoms with Crippen molar-refractivity contribution in [1.29, 1.82) is 0 Å². The SMILES string of the molecule is CC(C)[C@@H]1CC[C@]2(NC(=O)CN3C[C@@H]4C[C@H]3CS4(=O)=O)CC[C@]3(C)[C@H](CC[C@@H]4[C@@]5(C)CC=C(c6ccc(C(=O)O)cc6)C(C)(C)[C@@H]5CC[C@]43C)[C@@H]12. The van der Waals surface area contributed by atoms with Gasteiger partial charge >= 0.3 is 5.97 Å². The Morgan fingerprint density at radius 2 is 1.65 bits per heavy atom. The molecule has 1 aromatic carbocycles. The van der Waals surface area contributed by atoms with Gasteiger partial charge in [0, 0.05) is 18.1 Å². The highest BCUT2D eigenvalue weighted by Gasteiger charge is 2.70. The second-order valence-electron chi connectivity index (χ2n) is 20.0. The summed E-state index contributed by atoms with van der Waals surface area (Å²) in [6, 6.07) is 7.53. The van der Waals surface area contributed by atoms with Crippen LogP contribution in [0.5, 0.6) is 0 Å². The maximum atomic E-state index is 14.0. The van der Waals surface area contributed by atoms with Gasteiger partial charge in [0.2, 0.25) is 5.91 Å². The fourth-order valence-corrected chi connectivity index (χ4v) is 17.1. The number of likely N-dealkylation sites (tertiary alicyclic amines) is 1. The van der Waals surface area contributed by atoms with E-state index in [1.807, 2.05) is 12.1 Å². The number of aromatic carboxylic acids is 1. The number of hydrogen-bond acceptors (Lipinski definition) is 5. The molecule has 4 saturated carbocycles. The largest absolute Gasteiger partial charge is 0.478 e. The zero-order valence-corrected chi connectivity index (χ0v) is 33.0. The third kappa shape index (κ3) is 5.06. The molecule has 11 atom stereocenters. The second-order valence-corrected chi connectivity index (χ2v) is 22.4. The number of nitrogens with zero attached hydrogens (tertiary/aromatic N) is 1. The average molecular weight is 719 g/mol. The number of rotatable bonds is 6. The van der Waals surface area contributed by atoms with Crippen LogP contribution in [0.15, 0.2) is 30.3 Å². The smallest absolute Gasteiger partial charge is 0.335 e. The lowest BCUT2D eigenvalue weighted by Crippen LogP contribution is -2.68. The molecule has 2 saturated heterocycles. The minimum atomic E-state index is -2.98. The molecule has 0 unspecified atom stereocenters. The van der Waals surface area contributed by atoms with E-state index in [-0.39, 0.29) is 50.2 Å². The first kappa shape index (κ1) is 35.8. The highest BCUT2D eigenvalue weighted by Crippen LogP contribution is 2.76. The van der Waals surface area contributed by atoms with Crippen LogP contribution >= 0.6 is 0 Å². The van der Waals surface area contributed by atoms with Gasteiger partial charge in [-0.1, -0.05) is 66.7 Å². The zero-order valence-electron chi connectivity index (χ0n) is 32.1. The summed E-state index contributed by atoms with van der Waals surface area (Å²) in [5, 5.41) is 12.9. The van der Waals surface area contributed by atoms with E-state index < -0.39 is 15.8 Å². The van der Waals surface area contributed by atoms with Crippen molar-refractivity contribution in [3.8, 4) is 0 Å². The summed E-state index contributed by atoms with van der Waals surface area (Å²) in [6.45, 7) is 18.5. The fraction of sp³-hybridized carbons (Fsp3) is 0.767. The highest BCUT2D eigenvalue weighted by atomic mass is 32.2. The molecule has 7 aliphatic rings. The Labute approximate surface area is 306 Å². The van der Waals surface area contributed by atoms with Crippen LogP contribution in [-0.2, 0) is 14.6 Å². The number of benzene rings is 1. The third-order valence-corrected chi connectivity index (χ3v) is 19.7. The van der Waals surface area contributed by atoms with Crippen molar-refractivity contribution in [1.82, 2.24) is 10.2 Å². The van der Waals surface area contributed by atoms with Gasteiger partial charge in [0.1, 0.15) is 0 Å². The van der Waals surface area contributed by atoms with E-state index in [0.717, 1.165) is 31.2 Å². The Morgan fingerprint density at radius 1 is 0.922 bits per heavy atom. The Bertz CT molecular complexity index is 1750. The standard InChI is InChI=1S/C43H62N2O5S/c1-26(2)31-14-19-43(44-36(46)24-45-23-30-22-29(45)25-51(30,49)50)21-20-41(6)33(37(31)43)12-13-35-40(5)17-15-32(27-8-10-28(11-9-27)38(47)48)39(3,4)34(40)16-18-42(35,41)7/h8-11,15,26,29-31,33-35,37H,12-14,16-25H2,1-7H3,(H,44,46)(H,47,48)/t29-,30-,31-,33+,34-,35+,37+,40-,41+,42+,43-/m0/s1. The van der Waals surface area contributed by atoms with Crippen molar-refractivity contribution in [2.24, 2.45) is 57.2 Å². The normalized spacial score (nSPS) is 44.9. The molecule has 0 aromatic heterocycles. The van der Waals surface area contributed by atoms with Gasteiger partial charge < -0.3 is 10.4 Å². The summed E-state index contributed by atoms with van der Waals surface area (Å²) in [5.74, 6) is 2.83. The number of fused-ring (bicyclic) bond motifs is 9. The number of carbonyl (C=O) groups is 2. The van der Waals surface area contributed by atoms with Crippen LogP contribution in [0.25, 0.3) is 5.57 Å². The first-order chi connectivity index (χ1) is 23.9. The molecule has 6 fully saturated rings. The number of allylic oxidation sites excluding steroid dienone is 2. The first-order valence-electron chi connectivity index (χ1n) is 20.2. The summed E-state index contributed by atoms with van der Waals surface area (Å²) < 4.78 is 24.8. The van der Waals surface area contributed by atoms with Gasteiger partial charge in [-0.3, -0.25) is 9.69 Å². The van der Waals surface area contributed by atoms with E-state index in [2.05, 4.69) is 64.8 Å². The van der Waals surface area contributed by atoms with Crippen LogP contribution in [0.2, 0.25) is 0 Å². The van der Waals surface area contributed by atoms with Gasteiger partial charge in [-0.15, -0.1) is 0 Å². The van der Waals surface area contributed by atoms with E-state index in [9.17, 15) is 23.1 Å². The summed E-state index contributed by atoms with van der Waals surface area (Å²) >= 11 is 0. The highest BCUT2D eigenvalue weighted by molar-refractivity contribution is 7.92. The Kier molecular flexibility index (Phi) is 8.19. The molecule has 5 aliphatic carbocycles. The van der Waals surface area contributed by atoms with Gasteiger partial charge in [-0.05, 0) is 145 Å². The van der Waals surface area contributed by atoms with Gasteiger partial charge in [0.25, 0.3) is 0 Å². The van der Waals surface area contributed by atoms with E-state index in [1.165, 1.54) is 37.7 Å². The van der Waals surface area contributed by atoms with Crippen LogP contribution in [0.1, 0.15) is 129 Å². The molecule has 8 rings (SSSR count). The molecule has 280 valence electrons. The minimum absolute atomic E-state index is 0.000535. The summed E-state index contributed by atoms with van der Waals surface area (Å²) in [6.07, 6.45) is 13.6. The zero-order chi connectivity index (χ0) is 36.5. The van der Waals surface area contributed by atoms with Crippen molar-refractivity contribution in [3.05, 3.63) is 41.5 Å². The maximum Gasteiger partial charge on any atom is 0.335 e. The van der Waals surface area contributed by atoms with E-state index in [0.29, 0.717) is 60.6 Å². The van der Waals surface area contributed by atoms with Gasteiger partial charge in [-0.25, -0.2) is 13.2 Å². The Balaban J connectivity index is 1.06. The van der Waals surface area contributed by atoms with Crippen molar-refractivity contribution < 1.29 is 23.1 Å². The number of amides is 1. The number of sulfone groups is 1. The average Bonchev–Trinajstić information content (AvgIpc) is 3.71. The third-order valence-electron chi connectivity index (χ3n) is 17.5. The molecule has 2 N–H and O–H groups in total. The van der Waals surface area contributed by atoms with Crippen LogP contribution in [0.3, 0.4) is 0 Å². The quantitative estimate of drug-likeness (QED) is 0.311. The number of carbonyl (C=O) groups excluding carboxylic acids is 1. The molecule has 2 aliphatic heterocycles. The molecule has 8 heteroatoms. The Morgan fingerprint density at radius 3 is 2.27 bits per heavy atom. The minimum Gasteiger partial charge on any atom is -0.478 e. The topological polar surface area (TPSA) is 104 Å². The van der Waals surface area contributed by atoms with Crippen molar-refractivity contribution in [3.63, 3.8) is 0 Å². The van der Waals surface area contributed by atoms with Crippen LogP contribution in [0, 0.1) is 57.2 Å². The van der Waals surface area contributed by atoms with Gasteiger partial charge in [0.05, 0.1) is 23.1 Å². The van der Waals surface area contributed by atoms with E-state index in [1.54, 1.807) is 12.1 Å². The molecule has 1 amide bonds.